The van der Waals surface area contributed by atoms with Crippen LogP contribution in [-0.2, 0) is 22.5 Å². The number of hydrogen-bond acceptors (Lipinski definition) is 7. The molecule has 2 aliphatic carbocycles. The Morgan fingerprint density at radius 2 is 1.97 bits per heavy atom. The molecule has 3 aliphatic rings. The summed E-state index contributed by atoms with van der Waals surface area (Å²) in [5.41, 5.74) is 3.81. The zero-order valence-corrected chi connectivity index (χ0v) is 20.6. The van der Waals surface area contributed by atoms with E-state index in [1.165, 1.54) is 10.6 Å². The summed E-state index contributed by atoms with van der Waals surface area (Å²) in [6.07, 6.45) is 7.61. The molecule has 1 atom stereocenters. The molecule has 8 heteroatoms. The number of carboxylic acid groups (broad SMARTS) is 1. The van der Waals surface area contributed by atoms with Crippen LogP contribution in [0.3, 0.4) is 0 Å². The summed E-state index contributed by atoms with van der Waals surface area (Å²) in [6.45, 7) is 0.671. The number of fused-ring (bicyclic) bond motifs is 1. The number of hydrogen-bond donors (Lipinski definition) is 3. The Balaban J connectivity index is 1.22. The SMILES string of the molecule is O=C(ON(C1CC(CCc2ccc3c(n2)NCCC3)C1)[C@@H](CCO)C(=O)O)c1ccccc1C1CC1. The lowest BCUT2D eigenvalue weighted by Gasteiger charge is -2.43. The number of hydroxylamine groups is 2. The van der Waals surface area contributed by atoms with Crippen LogP contribution in [0.15, 0.2) is 36.4 Å². The van der Waals surface area contributed by atoms with Crippen LogP contribution in [0, 0.1) is 5.92 Å². The lowest BCUT2D eigenvalue weighted by atomic mass is 9.76. The van der Waals surface area contributed by atoms with Crippen molar-refractivity contribution in [2.75, 3.05) is 18.5 Å². The minimum Gasteiger partial charge on any atom is -0.480 e. The second-order valence-corrected chi connectivity index (χ2v) is 10.3. The largest absolute Gasteiger partial charge is 0.480 e. The molecule has 5 rings (SSSR count). The molecule has 0 saturated heterocycles. The topological polar surface area (TPSA) is 112 Å². The van der Waals surface area contributed by atoms with Crippen molar-refractivity contribution in [3.63, 3.8) is 0 Å². The first-order valence-electron chi connectivity index (χ1n) is 13.2. The van der Waals surface area contributed by atoms with Crippen LogP contribution in [0.2, 0.25) is 0 Å². The first kappa shape index (κ1) is 24.7. The molecule has 3 N–H and O–H groups in total. The van der Waals surface area contributed by atoms with Crippen molar-refractivity contribution < 1.29 is 24.6 Å². The molecule has 1 aromatic heterocycles. The van der Waals surface area contributed by atoms with Gasteiger partial charge in [-0.2, -0.15) is 0 Å². The Morgan fingerprint density at radius 1 is 1.17 bits per heavy atom. The summed E-state index contributed by atoms with van der Waals surface area (Å²) in [7, 11) is 0. The van der Waals surface area contributed by atoms with Gasteiger partial charge in [-0.25, -0.2) is 9.78 Å². The fraction of sp³-hybridized carbons (Fsp3) is 0.536. The molecule has 0 radical (unpaired) electrons. The second kappa shape index (κ2) is 11.0. The average Bonchev–Trinajstić information content (AvgIpc) is 3.71. The number of pyridine rings is 1. The number of anilines is 1. The molecule has 2 aromatic rings. The van der Waals surface area contributed by atoms with Crippen LogP contribution < -0.4 is 5.32 Å². The standard InChI is InChI=1S/C28H35N3O5/c32-15-13-25(27(33)34)31(36-28(35)24-6-2-1-5-23(24)19-8-9-19)22-16-18(17-22)7-11-21-12-10-20-4-3-14-29-26(20)30-21/h1-2,5-6,10,12,18-19,22,25,32H,3-4,7-9,11,13-17H2,(H,29,30)(H,33,34)/t18?,22?,25-/m0/s1. The number of aryl methyl sites for hydroxylation is 2. The lowest BCUT2D eigenvalue weighted by molar-refractivity contribution is -0.204. The number of benzene rings is 1. The van der Waals surface area contributed by atoms with E-state index in [4.69, 9.17) is 9.82 Å². The van der Waals surface area contributed by atoms with E-state index in [1.807, 2.05) is 12.1 Å². The van der Waals surface area contributed by atoms with E-state index in [0.29, 0.717) is 17.4 Å². The van der Waals surface area contributed by atoms with Gasteiger partial charge in [0, 0.05) is 24.9 Å². The summed E-state index contributed by atoms with van der Waals surface area (Å²) in [6, 6.07) is 10.4. The molecule has 0 unspecified atom stereocenters. The summed E-state index contributed by atoms with van der Waals surface area (Å²) >= 11 is 0. The highest BCUT2D eigenvalue weighted by Gasteiger charge is 2.42. The van der Waals surface area contributed by atoms with E-state index in [9.17, 15) is 19.8 Å². The minimum absolute atomic E-state index is 0.0000966. The van der Waals surface area contributed by atoms with Gasteiger partial charge < -0.3 is 20.4 Å². The minimum atomic E-state index is -1.10. The summed E-state index contributed by atoms with van der Waals surface area (Å²) < 4.78 is 0. The van der Waals surface area contributed by atoms with Gasteiger partial charge in [-0.05, 0) is 92.9 Å². The number of rotatable bonds is 11. The third-order valence-electron chi connectivity index (χ3n) is 7.71. The van der Waals surface area contributed by atoms with Gasteiger partial charge in [0.2, 0.25) is 0 Å². The molecule has 2 heterocycles. The van der Waals surface area contributed by atoms with Crippen molar-refractivity contribution in [2.45, 2.75) is 75.8 Å². The van der Waals surface area contributed by atoms with Gasteiger partial charge in [0.1, 0.15) is 11.9 Å². The molecule has 0 bridgehead atoms. The van der Waals surface area contributed by atoms with Gasteiger partial charge in [-0.1, -0.05) is 24.3 Å². The molecule has 36 heavy (non-hydrogen) atoms. The van der Waals surface area contributed by atoms with Crippen molar-refractivity contribution in [2.24, 2.45) is 5.92 Å². The van der Waals surface area contributed by atoms with Crippen LogP contribution in [0.4, 0.5) is 5.82 Å². The van der Waals surface area contributed by atoms with E-state index < -0.39 is 18.0 Å². The third-order valence-corrected chi connectivity index (χ3v) is 7.71. The quantitative estimate of drug-likeness (QED) is 0.404. The smallest absolute Gasteiger partial charge is 0.357 e. The zero-order chi connectivity index (χ0) is 25.1. The molecule has 1 aromatic carbocycles. The van der Waals surface area contributed by atoms with Gasteiger partial charge in [-0.15, -0.1) is 5.06 Å². The van der Waals surface area contributed by atoms with Crippen molar-refractivity contribution >= 4 is 17.8 Å². The summed E-state index contributed by atoms with van der Waals surface area (Å²) in [4.78, 5) is 35.8. The number of aromatic nitrogens is 1. The van der Waals surface area contributed by atoms with Crippen molar-refractivity contribution in [3.05, 3.63) is 58.8 Å². The van der Waals surface area contributed by atoms with E-state index in [2.05, 4.69) is 17.4 Å². The van der Waals surface area contributed by atoms with Gasteiger partial charge in [0.05, 0.1) is 5.56 Å². The van der Waals surface area contributed by atoms with Crippen molar-refractivity contribution in [1.82, 2.24) is 10.0 Å². The van der Waals surface area contributed by atoms with Crippen LogP contribution in [-0.4, -0.2) is 57.4 Å². The Labute approximate surface area is 211 Å². The maximum atomic E-state index is 13.2. The van der Waals surface area contributed by atoms with Crippen LogP contribution >= 0.6 is 0 Å². The fourth-order valence-electron chi connectivity index (χ4n) is 5.46. The molecule has 192 valence electrons. The molecule has 2 saturated carbocycles. The zero-order valence-electron chi connectivity index (χ0n) is 20.6. The molecule has 0 spiro atoms. The molecule has 2 fully saturated rings. The number of nitrogens with zero attached hydrogens (tertiary/aromatic N) is 2. The third kappa shape index (κ3) is 5.55. The van der Waals surface area contributed by atoms with E-state index in [-0.39, 0.29) is 19.1 Å². The lowest BCUT2D eigenvalue weighted by Crippen LogP contribution is -2.53. The fourth-order valence-corrected chi connectivity index (χ4v) is 5.46. The number of aliphatic carboxylic acids is 1. The van der Waals surface area contributed by atoms with E-state index in [1.54, 1.807) is 12.1 Å². The average molecular weight is 494 g/mol. The van der Waals surface area contributed by atoms with Gasteiger partial charge in [-0.3, -0.25) is 4.79 Å². The molecule has 8 nitrogen and oxygen atoms in total. The number of aliphatic hydroxyl groups excluding tert-OH is 1. The molecule has 0 amide bonds. The normalized spacial score (nSPS) is 21.7. The highest BCUT2D eigenvalue weighted by atomic mass is 16.7. The highest BCUT2D eigenvalue weighted by molar-refractivity contribution is 5.91. The summed E-state index contributed by atoms with van der Waals surface area (Å²) in [5, 5.41) is 24.1. The predicted molar refractivity (Wildman–Crippen MR) is 135 cm³/mol. The molecule has 1 aliphatic heterocycles. The number of nitrogens with one attached hydrogen (secondary N) is 1. The Hall–Kier alpha value is -2.97. The number of carboxylic acids is 1. The first-order valence-corrected chi connectivity index (χ1v) is 13.2. The Kier molecular flexibility index (Phi) is 7.53. The van der Waals surface area contributed by atoms with E-state index in [0.717, 1.165) is 75.0 Å². The van der Waals surface area contributed by atoms with Crippen LogP contribution in [0.1, 0.15) is 78.0 Å². The maximum Gasteiger partial charge on any atom is 0.357 e. The second-order valence-electron chi connectivity index (χ2n) is 10.3. The summed E-state index contributed by atoms with van der Waals surface area (Å²) in [5.74, 6) is 0.167. The number of aliphatic hydroxyl groups is 1. The molecular weight excluding hydrogens is 458 g/mol. The van der Waals surface area contributed by atoms with Gasteiger partial charge >= 0.3 is 11.9 Å². The van der Waals surface area contributed by atoms with Crippen molar-refractivity contribution in [1.29, 1.82) is 0 Å². The first-order chi connectivity index (χ1) is 17.5. The molecular formula is C28H35N3O5. The predicted octanol–water partition coefficient (Wildman–Crippen LogP) is 3.94. The monoisotopic (exact) mass is 493 g/mol. The van der Waals surface area contributed by atoms with Gasteiger partial charge in [0.15, 0.2) is 0 Å². The maximum absolute atomic E-state index is 13.2. The van der Waals surface area contributed by atoms with E-state index >= 15 is 0 Å². The highest BCUT2D eigenvalue weighted by Crippen LogP contribution is 2.42. The number of carbonyl (C=O) groups is 2. The van der Waals surface area contributed by atoms with Gasteiger partial charge in [0.25, 0.3) is 0 Å². The van der Waals surface area contributed by atoms with Crippen LogP contribution in [0.5, 0.6) is 0 Å². The number of carbonyl (C=O) groups excluding carboxylic acids is 1. The van der Waals surface area contributed by atoms with Crippen LogP contribution in [0.25, 0.3) is 0 Å². The Bertz CT molecular complexity index is 1100. The van der Waals surface area contributed by atoms with Crippen molar-refractivity contribution in [3.8, 4) is 0 Å². The Morgan fingerprint density at radius 3 is 2.72 bits per heavy atom.